The topological polar surface area (TPSA) is 179 Å². The van der Waals surface area contributed by atoms with Gasteiger partial charge < -0.3 is 33.5 Å². The van der Waals surface area contributed by atoms with Crippen LogP contribution < -0.4 is 0 Å². The molecule has 3 N–H and O–H groups in total. The van der Waals surface area contributed by atoms with Crippen molar-refractivity contribution in [3.05, 3.63) is 47.0 Å². The zero-order valence-corrected chi connectivity index (χ0v) is 43.0. The number of carbonyl (C=O) groups is 3. The van der Waals surface area contributed by atoms with E-state index in [1.807, 2.05) is 33.3 Å². The van der Waals surface area contributed by atoms with Crippen molar-refractivity contribution in [2.75, 3.05) is 47.5 Å². The number of Topliss-reactive ketones (excluding diaryl/α,β-unsaturated/α-hetero) is 1. The van der Waals surface area contributed by atoms with Crippen molar-refractivity contribution in [1.82, 2.24) is 0 Å². The zero-order valence-electron chi connectivity index (χ0n) is 42.1. The second-order valence-electron chi connectivity index (χ2n) is 19.6. The molecule has 13 nitrogen and oxygen atoms in total. The van der Waals surface area contributed by atoms with Gasteiger partial charge in [-0.3, -0.25) is 23.4 Å². The number of ether oxygens (including phenoxy) is 2. The van der Waals surface area contributed by atoms with Crippen LogP contribution in [0.4, 0.5) is 0 Å². The molecule has 380 valence electrons. The number of aliphatic hydroxyl groups is 2. The van der Waals surface area contributed by atoms with Crippen LogP contribution >= 0.6 is 7.82 Å². The van der Waals surface area contributed by atoms with Gasteiger partial charge in [-0.15, -0.1) is 0 Å². The van der Waals surface area contributed by atoms with Crippen molar-refractivity contribution in [2.45, 2.75) is 207 Å². The monoisotopic (exact) mass is 953 g/mol. The average Bonchev–Trinajstić information content (AvgIpc) is 3.68. The van der Waals surface area contributed by atoms with Crippen LogP contribution in [0.5, 0.6) is 0 Å². The smallest absolute Gasteiger partial charge is 0.466 e. The van der Waals surface area contributed by atoms with E-state index in [2.05, 4.69) is 27.7 Å². The maximum absolute atomic E-state index is 12.9. The summed E-state index contributed by atoms with van der Waals surface area (Å²) in [5, 5.41) is 20.8. The Morgan fingerprint density at radius 3 is 1.98 bits per heavy atom. The molecule has 0 radical (unpaired) electrons. The number of phosphoric ester groups is 1. The van der Waals surface area contributed by atoms with Crippen LogP contribution in [0.3, 0.4) is 0 Å². The van der Waals surface area contributed by atoms with E-state index in [1.54, 1.807) is 12.2 Å². The van der Waals surface area contributed by atoms with Gasteiger partial charge in [-0.05, 0) is 69.9 Å². The van der Waals surface area contributed by atoms with E-state index in [0.717, 1.165) is 57.8 Å². The minimum absolute atomic E-state index is 0.0213. The number of aryl methyl sites for hydroxylation is 2. The van der Waals surface area contributed by atoms with E-state index in [0.29, 0.717) is 43.1 Å². The lowest BCUT2D eigenvalue weighted by atomic mass is 9.90. The summed E-state index contributed by atoms with van der Waals surface area (Å²) in [7, 11) is 1.30. The molecule has 1 fully saturated rings. The minimum atomic E-state index is -4.46. The van der Waals surface area contributed by atoms with Crippen LogP contribution in [0.25, 0.3) is 0 Å². The van der Waals surface area contributed by atoms with Crippen molar-refractivity contribution in [3.63, 3.8) is 0 Å². The first kappa shape index (κ1) is 59.5. The third-order valence-electron chi connectivity index (χ3n) is 12.6. The largest absolute Gasteiger partial charge is 0.472 e. The molecule has 2 rings (SSSR count). The highest BCUT2D eigenvalue weighted by molar-refractivity contribution is 7.47. The maximum Gasteiger partial charge on any atom is 0.472 e. The highest BCUT2D eigenvalue weighted by Crippen LogP contribution is 2.43. The Balaban J connectivity index is 1.71. The Morgan fingerprint density at radius 2 is 1.36 bits per heavy atom. The fraction of sp³-hybridized carbons (Fsp3) is 0.788. The number of ketones is 1. The normalized spacial score (nSPS) is 18.6. The lowest BCUT2D eigenvalue weighted by molar-refractivity contribution is -0.870. The fourth-order valence-corrected chi connectivity index (χ4v) is 8.92. The molecule has 6 atom stereocenters. The average molecular weight is 953 g/mol. The molecule has 14 heteroatoms. The number of hydrogen-bond acceptors (Lipinski definition) is 11. The van der Waals surface area contributed by atoms with Gasteiger partial charge in [0.1, 0.15) is 37.1 Å². The number of likely N-dealkylation sites (N-methyl/N-ethyl adjacent to an activating group) is 1. The Morgan fingerprint density at radius 1 is 0.788 bits per heavy atom. The molecule has 1 aliphatic rings. The third-order valence-corrected chi connectivity index (χ3v) is 13.5. The second-order valence-corrected chi connectivity index (χ2v) is 21.0. The van der Waals surface area contributed by atoms with Gasteiger partial charge in [0.15, 0.2) is 6.10 Å². The number of furan rings is 1. The van der Waals surface area contributed by atoms with E-state index in [9.17, 15) is 34.1 Å². The molecule has 66 heavy (non-hydrogen) atoms. The Hall–Kier alpha value is -2.64. The Bertz CT molecular complexity index is 1620. The second kappa shape index (κ2) is 33.8. The van der Waals surface area contributed by atoms with Gasteiger partial charge in [-0.1, -0.05) is 122 Å². The summed E-state index contributed by atoms with van der Waals surface area (Å²) in [4.78, 5) is 48.4. The van der Waals surface area contributed by atoms with E-state index in [-0.39, 0.29) is 44.2 Å². The summed E-state index contributed by atoms with van der Waals surface area (Å²) in [6.07, 6.45) is 26.9. The molecule has 0 saturated heterocycles. The van der Waals surface area contributed by atoms with Crippen LogP contribution in [0.2, 0.25) is 0 Å². The summed E-state index contributed by atoms with van der Waals surface area (Å²) in [6.45, 7) is 8.35. The van der Waals surface area contributed by atoms with Crippen LogP contribution in [0.15, 0.2) is 28.7 Å². The number of esters is 2. The van der Waals surface area contributed by atoms with Crippen molar-refractivity contribution in [3.8, 4) is 0 Å². The number of quaternary nitrogens is 1. The molecule has 1 heterocycles. The number of aliphatic hydroxyl groups excluding tert-OH is 2. The molecule has 0 bridgehead atoms. The molecular formula is C52H91NO12P+. The summed E-state index contributed by atoms with van der Waals surface area (Å²) in [5.41, 5.74) is 2.67. The minimum Gasteiger partial charge on any atom is -0.466 e. The lowest BCUT2D eigenvalue weighted by Gasteiger charge is -2.24. The van der Waals surface area contributed by atoms with Crippen molar-refractivity contribution >= 4 is 25.5 Å². The van der Waals surface area contributed by atoms with Gasteiger partial charge >= 0.3 is 19.8 Å². The summed E-state index contributed by atoms with van der Waals surface area (Å²) in [5.74, 6) is 0.582. The number of allylic oxidation sites excluding steroid dienone is 3. The third kappa shape index (κ3) is 26.8. The fourth-order valence-electron chi connectivity index (χ4n) is 8.17. The molecule has 1 unspecified atom stereocenters. The van der Waals surface area contributed by atoms with Gasteiger partial charge in [0, 0.05) is 43.9 Å². The summed E-state index contributed by atoms with van der Waals surface area (Å²) >= 11 is 0. The van der Waals surface area contributed by atoms with Crippen LogP contribution in [-0.2, 0) is 50.3 Å². The van der Waals surface area contributed by atoms with Crippen LogP contribution in [0, 0.1) is 25.7 Å². The quantitative estimate of drug-likeness (QED) is 0.0187. The Labute approximate surface area is 398 Å². The van der Waals surface area contributed by atoms with Gasteiger partial charge in [-0.25, -0.2) is 4.57 Å². The van der Waals surface area contributed by atoms with Crippen molar-refractivity contribution in [1.29, 1.82) is 0 Å². The van der Waals surface area contributed by atoms with E-state index in [1.165, 1.54) is 74.0 Å². The first-order valence-electron chi connectivity index (χ1n) is 25.5. The van der Waals surface area contributed by atoms with Gasteiger partial charge in [0.2, 0.25) is 0 Å². The van der Waals surface area contributed by atoms with Crippen molar-refractivity contribution in [2.24, 2.45) is 11.8 Å². The number of unbranched alkanes of at least 4 members (excludes halogenated alkanes) is 14. The number of nitrogens with zero attached hydrogens (tertiary/aromatic N) is 1. The van der Waals surface area contributed by atoms with Gasteiger partial charge in [0.25, 0.3) is 0 Å². The SMILES string of the molecule is CCCCCc1oc(CCCCCCCCCCCCC(=O)OC[C@H](COP(=O)(O)OCC[N+](C)(C)C)OC(=O)CCC/C=C\C[C@H]2[C@@H](O)CC(=O)[C@@H]2/C=C/[C@@H](O)CCCCC)c(C)c1C. The van der Waals surface area contributed by atoms with Gasteiger partial charge in [0.05, 0.1) is 40.0 Å². The molecule has 1 aliphatic carbocycles. The zero-order chi connectivity index (χ0) is 48.8. The van der Waals surface area contributed by atoms with E-state index in [4.69, 9.17) is 22.9 Å². The lowest BCUT2D eigenvalue weighted by Crippen LogP contribution is -2.37. The number of rotatable bonds is 39. The molecule has 0 aliphatic heterocycles. The Kier molecular flexibility index (Phi) is 30.5. The molecule has 1 aromatic heterocycles. The van der Waals surface area contributed by atoms with E-state index >= 15 is 0 Å². The number of carbonyl (C=O) groups excluding carboxylic acids is 3. The predicted molar refractivity (Wildman–Crippen MR) is 261 cm³/mol. The highest BCUT2D eigenvalue weighted by Gasteiger charge is 2.39. The number of phosphoric acid groups is 1. The summed E-state index contributed by atoms with van der Waals surface area (Å²) in [6, 6.07) is 0. The molecule has 0 spiro atoms. The predicted octanol–water partition coefficient (Wildman–Crippen LogP) is 10.9. The maximum atomic E-state index is 12.9. The molecule has 0 amide bonds. The number of hydrogen-bond donors (Lipinski definition) is 3. The standard InChI is InChI=1S/C52H90NO12P/c1-8-10-22-28-43(54)34-35-46-45(47(55)38-48(46)56)29-24-20-21-27-33-52(58)64-44(40-63-66(59,60)62-37-36-53(5,6)7)39-61-51(57)32-26-19-17-15-13-12-14-16-18-25-31-50-42(4)41(3)49(65-50)30-23-11-9-2/h20,24,34-35,43-47,54-55H,8-19,21-23,25-33,36-40H2,1-7H3/p+1/b24-20-,35-34+/t43-,44+,45+,46+,47-/m0/s1. The van der Waals surface area contributed by atoms with Crippen LogP contribution in [0.1, 0.15) is 184 Å². The summed E-state index contributed by atoms with van der Waals surface area (Å²) < 4.78 is 40.6. The molecule has 0 aromatic carbocycles. The van der Waals surface area contributed by atoms with Gasteiger partial charge in [-0.2, -0.15) is 0 Å². The first-order valence-corrected chi connectivity index (χ1v) is 27.0. The van der Waals surface area contributed by atoms with Crippen molar-refractivity contribution < 1.29 is 61.5 Å². The van der Waals surface area contributed by atoms with Crippen LogP contribution in [-0.4, -0.2) is 103 Å². The first-order chi connectivity index (χ1) is 31.5. The highest BCUT2D eigenvalue weighted by atomic mass is 31.2. The van der Waals surface area contributed by atoms with E-state index < -0.39 is 50.6 Å². The molecule has 1 aromatic rings. The molecular weight excluding hydrogens is 862 g/mol. The molecule has 1 saturated carbocycles.